The molecule has 1 aromatic carbocycles. The average Bonchev–Trinajstić information content (AvgIpc) is 3.00. The van der Waals surface area contributed by atoms with E-state index in [-0.39, 0.29) is 11.6 Å². The monoisotopic (exact) mass is 295 g/mol. The van der Waals surface area contributed by atoms with Gasteiger partial charge in [-0.3, -0.25) is 16.2 Å². The van der Waals surface area contributed by atoms with Gasteiger partial charge in [0.15, 0.2) is 0 Å². The Morgan fingerprint density at radius 2 is 1.90 bits per heavy atom. The lowest BCUT2D eigenvalue weighted by atomic mass is 9.84. The van der Waals surface area contributed by atoms with Crippen molar-refractivity contribution < 1.29 is 0 Å². The molecule has 0 spiro atoms. The summed E-state index contributed by atoms with van der Waals surface area (Å²) in [6.07, 6.45) is 4.62. The third kappa shape index (κ3) is 3.34. The zero-order valence-corrected chi connectivity index (χ0v) is 13.3. The summed E-state index contributed by atoms with van der Waals surface area (Å²) in [6.45, 7) is 6.95. The smallest absolute Gasteiger partial charge is 0.0432 e. The second kappa shape index (κ2) is 6.90. The highest BCUT2D eigenvalue weighted by Gasteiger charge is 2.38. The molecule has 0 bridgehead atoms. The molecule has 4 heteroatoms. The van der Waals surface area contributed by atoms with E-state index in [1.54, 1.807) is 0 Å². The highest BCUT2D eigenvalue weighted by molar-refractivity contribution is 6.30. The van der Waals surface area contributed by atoms with E-state index < -0.39 is 0 Å². The van der Waals surface area contributed by atoms with E-state index in [1.807, 2.05) is 12.1 Å². The molecule has 0 aliphatic carbocycles. The van der Waals surface area contributed by atoms with Gasteiger partial charge in [-0.05, 0) is 63.4 Å². The van der Waals surface area contributed by atoms with Gasteiger partial charge in [0, 0.05) is 16.6 Å². The lowest BCUT2D eigenvalue weighted by Crippen LogP contribution is -2.61. The fourth-order valence-electron chi connectivity index (χ4n) is 3.23. The Morgan fingerprint density at radius 3 is 2.40 bits per heavy atom. The summed E-state index contributed by atoms with van der Waals surface area (Å²) in [5.74, 6) is 5.88. The van der Waals surface area contributed by atoms with E-state index in [0.717, 1.165) is 17.9 Å². The molecule has 0 amide bonds. The minimum atomic E-state index is 0.102. The molecule has 20 heavy (non-hydrogen) atoms. The molecule has 1 aliphatic heterocycles. The third-order valence-electron chi connectivity index (χ3n) is 4.85. The topological polar surface area (TPSA) is 41.3 Å². The van der Waals surface area contributed by atoms with Crippen molar-refractivity contribution in [3.63, 3.8) is 0 Å². The van der Waals surface area contributed by atoms with E-state index >= 15 is 0 Å². The first kappa shape index (κ1) is 15.8. The Morgan fingerprint density at radius 1 is 1.30 bits per heavy atom. The molecule has 1 heterocycles. The highest BCUT2D eigenvalue weighted by Crippen LogP contribution is 2.29. The van der Waals surface area contributed by atoms with E-state index in [9.17, 15) is 0 Å². The number of nitrogens with zero attached hydrogens (tertiary/aromatic N) is 1. The minimum Gasteiger partial charge on any atom is -0.296 e. The molecule has 1 saturated heterocycles. The molecule has 2 rings (SSSR count). The van der Waals surface area contributed by atoms with Gasteiger partial charge >= 0.3 is 0 Å². The van der Waals surface area contributed by atoms with Crippen LogP contribution in [0.4, 0.5) is 0 Å². The lowest BCUT2D eigenvalue weighted by molar-refractivity contribution is 0.0841. The number of hydrogen-bond donors (Lipinski definition) is 2. The van der Waals surface area contributed by atoms with E-state index in [0.29, 0.717) is 0 Å². The van der Waals surface area contributed by atoms with Gasteiger partial charge in [-0.2, -0.15) is 0 Å². The van der Waals surface area contributed by atoms with Gasteiger partial charge in [-0.25, -0.2) is 0 Å². The van der Waals surface area contributed by atoms with Gasteiger partial charge < -0.3 is 0 Å². The average molecular weight is 296 g/mol. The summed E-state index contributed by atoms with van der Waals surface area (Å²) in [5, 5.41) is 0.781. The van der Waals surface area contributed by atoms with Crippen LogP contribution in [0.5, 0.6) is 0 Å². The summed E-state index contributed by atoms with van der Waals surface area (Å²) in [7, 11) is 0. The molecule has 1 aliphatic rings. The molecule has 0 saturated carbocycles. The molecular weight excluding hydrogens is 270 g/mol. The lowest BCUT2D eigenvalue weighted by Gasteiger charge is -2.44. The molecule has 2 unspecified atom stereocenters. The molecule has 3 nitrogen and oxygen atoms in total. The van der Waals surface area contributed by atoms with Crippen molar-refractivity contribution in [1.29, 1.82) is 0 Å². The fourth-order valence-corrected chi connectivity index (χ4v) is 3.36. The number of likely N-dealkylation sites (tertiary alicyclic amines) is 1. The molecule has 2 atom stereocenters. The number of hydrazine groups is 1. The van der Waals surface area contributed by atoms with Gasteiger partial charge in [-0.1, -0.05) is 30.7 Å². The van der Waals surface area contributed by atoms with Gasteiger partial charge in [0.05, 0.1) is 0 Å². The molecule has 1 aromatic rings. The van der Waals surface area contributed by atoms with Crippen LogP contribution in [0.1, 0.15) is 38.7 Å². The second-order valence-electron chi connectivity index (χ2n) is 5.95. The van der Waals surface area contributed by atoms with Crippen molar-refractivity contribution >= 4 is 11.6 Å². The molecular formula is C16H26ClN3. The maximum absolute atomic E-state index is 5.95. The number of halogens is 1. The van der Waals surface area contributed by atoms with Crippen LogP contribution in [-0.4, -0.2) is 29.6 Å². The maximum Gasteiger partial charge on any atom is 0.0432 e. The Labute approximate surface area is 127 Å². The molecule has 1 fully saturated rings. The van der Waals surface area contributed by atoms with Crippen LogP contribution < -0.4 is 11.3 Å². The Kier molecular flexibility index (Phi) is 5.44. The number of nitrogens with two attached hydrogens (primary N) is 1. The Bertz CT molecular complexity index is 414. The molecule has 3 N–H and O–H groups in total. The summed E-state index contributed by atoms with van der Waals surface area (Å²) in [4.78, 5) is 2.59. The zero-order chi connectivity index (χ0) is 14.6. The SMILES string of the molecule is CCC(C)(C(Cc1ccc(Cl)cc1)NN)N1CCCC1. The maximum atomic E-state index is 5.95. The van der Waals surface area contributed by atoms with E-state index in [2.05, 4.69) is 36.3 Å². The van der Waals surface area contributed by atoms with Crippen LogP contribution in [0.15, 0.2) is 24.3 Å². The van der Waals surface area contributed by atoms with Crippen LogP contribution >= 0.6 is 11.6 Å². The molecule has 112 valence electrons. The first-order valence-electron chi connectivity index (χ1n) is 7.55. The van der Waals surface area contributed by atoms with Crippen LogP contribution in [0, 0.1) is 0 Å². The molecule has 0 radical (unpaired) electrons. The normalized spacial score (nSPS) is 20.8. The van der Waals surface area contributed by atoms with Gasteiger partial charge in [-0.15, -0.1) is 0 Å². The van der Waals surface area contributed by atoms with Crippen LogP contribution in [-0.2, 0) is 6.42 Å². The second-order valence-corrected chi connectivity index (χ2v) is 6.39. The molecule has 0 aromatic heterocycles. The first-order chi connectivity index (χ1) is 9.60. The highest BCUT2D eigenvalue weighted by atomic mass is 35.5. The summed E-state index contributed by atoms with van der Waals surface area (Å²) in [5.41, 5.74) is 4.44. The van der Waals surface area contributed by atoms with Crippen LogP contribution in [0.3, 0.4) is 0 Å². The number of hydrogen-bond acceptors (Lipinski definition) is 3. The number of nitrogens with one attached hydrogen (secondary N) is 1. The quantitative estimate of drug-likeness (QED) is 0.626. The van der Waals surface area contributed by atoms with Gasteiger partial charge in [0.2, 0.25) is 0 Å². The van der Waals surface area contributed by atoms with Crippen LogP contribution in [0.2, 0.25) is 5.02 Å². The summed E-state index contributed by atoms with van der Waals surface area (Å²) >= 11 is 5.95. The van der Waals surface area contributed by atoms with Crippen molar-refractivity contribution in [1.82, 2.24) is 10.3 Å². The standard InChI is InChI=1S/C16H26ClN3/c1-3-16(2,20-10-4-5-11-20)15(19-18)12-13-6-8-14(17)9-7-13/h6-9,15,19H,3-5,10-12,18H2,1-2H3. The summed E-state index contributed by atoms with van der Waals surface area (Å²) in [6, 6.07) is 8.32. The number of benzene rings is 1. The summed E-state index contributed by atoms with van der Waals surface area (Å²) < 4.78 is 0. The van der Waals surface area contributed by atoms with E-state index in [1.165, 1.54) is 31.5 Å². The van der Waals surface area contributed by atoms with Crippen molar-refractivity contribution in [2.45, 2.75) is 51.1 Å². The van der Waals surface area contributed by atoms with Crippen LogP contribution in [0.25, 0.3) is 0 Å². The Balaban J connectivity index is 2.14. The zero-order valence-electron chi connectivity index (χ0n) is 12.5. The van der Waals surface area contributed by atoms with Crippen molar-refractivity contribution in [3.05, 3.63) is 34.9 Å². The van der Waals surface area contributed by atoms with E-state index in [4.69, 9.17) is 17.4 Å². The fraction of sp³-hybridized carbons (Fsp3) is 0.625. The first-order valence-corrected chi connectivity index (χ1v) is 7.93. The van der Waals surface area contributed by atoms with Gasteiger partial charge in [0.25, 0.3) is 0 Å². The van der Waals surface area contributed by atoms with Crippen molar-refractivity contribution in [3.8, 4) is 0 Å². The predicted octanol–water partition coefficient (Wildman–Crippen LogP) is 2.98. The largest absolute Gasteiger partial charge is 0.296 e. The van der Waals surface area contributed by atoms with Crippen molar-refractivity contribution in [2.24, 2.45) is 5.84 Å². The third-order valence-corrected chi connectivity index (χ3v) is 5.10. The predicted molar refractivity (Wildman–Crippen MR) is 85.8 cm³/mol. The van der Waals surface area contributed by atoms with Gasteiger partial charge in [0.1, 0.15) is 0 Å². The van der Waals surface area contributed by atoms with Crippen molar-refractivity contribution in [2.75, 3.05) is 13.1 Å². The number of rotatable bonds is 6. The Hall–Kier alpha value is -0.610. The minimum absolute atomic E-state index is 0.102.